The molecule has 1 saturated heterocycles. The third-order valence-electron chi connectivity index (χ3n) is 5.29. The van der Waals surface area contributed by atoms with Crippen LogP contribution in [0.25, 0.3) is 5.69 Å². The van der Waals surface area contributed by atoms with Gasteiger partial charge in [-0.1, -0.05) is 6.07 Å². The Bertz CT molecular complexity index is 1170. The summed E-state index contributed by atoms with van der Waals surface area (Å²) in [7, 11) is 0. The Morgan fingerprint density at radius 1 is 1.16 bits per heavy atom. The first-order valence-corrected chi connectivity index (χ1v) is 9.99. The van der Waals surface area contributed by atoms with Crippen molar-refractivity contribution in [3.8, 4) is 11.4 Å². The second-order valence-corrected chi connectivity index (χ2v) is 7.57. The Morgan fingerprint density at radius 3 is 2.56 bits per heavy atom. The van der Waals surface area contributed by atoms with Gasteiger partial charge in [-0.3, -0.25) is 9.36 Å². The third kappa shape index (κ3) is 4.79. The number of hydrogen-bond acceptors (Lipinski definition) is 4. The molecule has 3 aromatic rings. The predicted octanol–water partition coefficient (Wildman–Crippen LogP) is 3.38. The van der Waals surface area contributed by atoms with Crippen molar-refractivity contribution in [2.75, 3.05) is 18.0 Å². The largest absolute Gasteiger partial charge is 0.573 e. The van der Waals surface area contributed by atoms with E-state index in [0.717, 1.165) is 5.69 Å². The molecule has 0 bridgehead atoms. The molecule has 32 heavy (non-hydrogen) atoms. The molecule has 0 spiro atoms. The maximum absolute atomic E-state index is 12.6. The quantitative estimate of drug-likeness (QED) is 0.630. The van der Waals surface area contributed by atoms with Crippen LogP contribution < -0.4 is 20.6 Å². The molecule has 1 aliphatic rings. The molecular formula is C22H21F3N4O3. The average molecular weight is 446 g/mol. The lowest BCUT2D eigenvalue weighted by atomic mass is 10.1. The number of aromatic nitrogens is 2. The summed E-state index contributed by atoms with van der Waals surface area (Å²) in [6.07, 6.45) is -2.48. The van der Waals surface area contributed by atoms with Crippen LogP contribution in [-0.4, -0.2) is 41.0 Å². The van der Waals surface area contributed by atoms with Crippen molar-refractivity contribution in [2.24, 2.45) is 0 Å². The van der Waals surface area contributed by atoms with Crippen LogP contribution in [0.2, 0.25) is 0 Å². The summed E-state index contributed by atoms with van der Waals surface area (Å²) in [4.78, 5) is 29.0. The highest BCUT2D eigenvalue weighted by Crippen LogP contribution is 2.28. The minimum atomic E-state index is -4.75. The lowest BCUT2D eigenvalue weighted by Gasteiger charge is -2.20. The fourth-order valence-electron chi connectivity index (χ4n) is 3.80. The average Bonchev–Trinajstić information content (AvgIpc) is 3.33. The predicted molar refractivity (Wildman–Crippen MR) is 112 cm³/mol. The van der Waals surface area contributed by atoms with Crippen molar-refractivity contribution in [1.29, 1.82) is 0 Å². The standard InChI is InChI=1S/C22H21F3N4O3/c1-14-12-26-21(31)29(14)17-7-5-15(6-8-17)20(30)27-16-9-10-28(13-16)18-3-2-4-19(11-18)32-22(23,24)25/h2-8,11-12,16H,9-10,13H2,1H3,(H,26,31)(H,27,30). The molecular weight excluding hydrogens is 425 g/mol. The molecule has 1 atom stereocenters. The van der Waals surface area contributed by atoms with Gasteiger partial charge >= 0.3 is 12.1 Å². The van der Waals surface area contributed by atoms with E-state index in [4.69, 9.17) is 0 Å². The van der Waals surface area contributed by atoms with E-state index in [-0.39, 0.29) is 23.4 Å². The molecule has 1 aliphatic heterocycles. The highest BCUT2D eigenvalue weighted by molar-refractivity contribution is 5.94. The van der Waals surface area contributed by atoms with Crippen LogP contribution in [0.5, 0.6) is 5.75 Å². The molecule has 2 aromatic carbocycles. The lowest BCUT2D eigenvalue weighted by molar-refractivity contribution is -0.274. The number of aromatic amines is 1. The highest BCUT2D eigenvalue weighted by atomic mass is 19.4. The second kappa shape index (κ2) is 8.45. The number of benzene rings is 2. The monoisotopic (exact) mass is 446 g/mol. The smallest absolute Gasteiger partial charge is 0.406 e. The van der Waals surface area contributed by atoms with Crippen molar-refractivity contribution in [2.45, 2.75) is 25.7 Å². The van der Waals surface area contributed by atoms with E-state index >= 15 is 0 Å². The van der Waals surface area contributed by atoms with Gasteiger partial charge in [-0.2, -0.15) is 0 Å². The minimum absolute atomic E-state index is 0.149. The van der Waals surface area contributed by atoms with E-state index in [2.05, 4.69) is 15.0 Å². The number of aryl methyl sites for hydroxylation is 1. The Kier molecular flexibility index (Phi) is 5.68. The number of rotatable bonds is 5. The van der Waals surface area contributed by atoms with Crippen LogP contribution in [0.1, 0.15) is 22.5 Å². The normalized spacial score (nSPS) is 16.2. The molecule has 7 nitrogen and oxygen atoms in total. The van der Waals surface area contributed by atoms with Gasteiger partial charge < -0.3 is 19.9 Å². The van der Waals surface area contributed by atoms with Gasteiger partial charge in [0.1, 0.15) is 5.75 Å². The van der Waals surface area contributed by atoms with Gasteiger partial charge in [-0.25, -0.2) is 4.79 Å². The summed E-state index contributed by atoms with van der Waals surface area (Å²) in [5.74, 6) is -0.532. The zero-order valence-electron chi connectivity index (χ0n) is 17.1. The fourth-order valence-corrected chi connectivity index (χ4v) is 3.80. The summed E-state index contributed by atoms with van der Waals surface area (Å²) in [5.41, 5.74) is 2.20. The van der Waals surface area contributed by atoms with Crippen LogP contribution in [0, 0.1) is 6.92 Å². The Morgan fingerprint density at radius 2 is 1.91 bits per heavy atom. The van der Waals surface area contributed by atoms with Gasteiger partial charge in [0.25, 0.3) is 5.91 Å². The maximum Gasteiger partial charge on any atom is 0.573 e. The first-order chi connectivity index (χ1) is 15.2. The number of nitrogens with one attached hydrogen (secondary N) is 2. The summed E-state index contributed by atoms with van der Waals surface area (Å²) >= 11 is 0. The molecule has 0 saturated carbocycles. The van der Waals surface area contributed by atoms with E-state index in [9.17, 15) is 22.8 Å². The molecule has 1 unspecified atom stereocenters. The van der Waals surface area contributed by atoms with Gasteiger partial charge in [0.15, 0.2) is 0 Å². The molecule has 2 N–H and O–H groups in total. The second-order valence-electron chi connectivity index (χ2n) is 7.57. The summed E-state index contributed by atoms with van der Waals surface area (Å²) in [6, 6.07) is 12.3. The summed E-state index contributed by atoms with van der Waals surface area (Å²) in [5, 5.41) is 2.96. The van der Waals surface area contributed by atoms with Crippen LogP contribution in [0.15, 0.2) is 59.5 Å². The lowest BCUT2D eigenvalue weighted by Crippen LogP contribution is -2.37. The topological polar surface area (TPSA) is 79.4 Å². The molecule has 1 fully saturated rings. The van der Waals surface area contributed by atoms with Gasteiger partial charge in [-0.05, 0) is 49.7 Å². The molecule has 0 aliphatic carbocycles. The summed E-state index contributed by atoms with van der Waals surface area (Å²) < 4.78 is 42.9. The molecule has 10 heteroatoms. The number of ether oxygens (including phenoxy) is 1. The number of H-pyrrole nitrogens is 1. The zero-order valence-corrected chi connectivity index (χ0v) is 17.1. The molecule has 1 amide bonds. The van der Waals surface area contributed by atoms with E-state index in [1.54, 1.807) is 43.5 Å². The zero-order chi connectivity index (χ0) is 22.9. The number of alkyl halides is 3. The number of imidazole rings is 1. The number of carbonyl (C=O) groups excluding carboxylic acids is 1. The first kappa shape index (κ1) is 21.5. The van der Waals surface area contributed by atoms with Crippen LogP contribution in [0.4, 0.5) is 18.9 Å². The Hall–Kier alpha value is -3.69. The minimum Gasteiger partial charge on any atom is -0.406 e. The third-order valence-corrected chi connectivity index (χ3v) is 5.29. The number of hydrogen-bond donors (Lipinski definition) is 2. The van der Waals surface area contributed by atoms with Crippen molar-refractivity contribution in [1.82, 2.24) is 14.9 Å². The van der Waals surface area contributed by atoms with Gasteiger partial charge in [-0.15, -0.1) is 13.2 Å². The Balaban J connectivity index is 1.38. The highest BCUT2D eigenvalue weighted by Gasteiger charge is 2.31. The van der Waals surface area contributed by atoms with E-state index in [1.165, 1.54) is 22.8 Å². The van der Waals surface area contributed by atoms with Crippen LogP contribution >= 0.6 is 0 Å². The molecule has 168 valence electrons. The van der Waals surface area contributed by atoms with E-state index < -0.39 is 6.36 Å². The number of amides is 1. The fraction of sp³-hybridized carbons (Fsp3) is 0.273. The van der Waals surface area contributed by atoms with Crippen molar-refractivity contribution >= 4 is 11.6 Å². The van der Waals surface area contributed by atoms with Crippen LogP contribution in [-0.2, 0) is 0 Å². The van der Waals surface area contributed by atoms with Crippen molar-refractivity contribution in [3.63, 3.8) is 0 Å². The van der Waals surface area contributed by atoms with Crippen molar-refractivity contribution in [3.05, 3.63) is 76.5 Å². The van der Waals surface area contributed by atoms with E-state index in [1.807, 2.05) is 4.90 Å². The number of nitrogens with zero attached hydrogens (tertiary/aromatic N) is 2. The van der Waals surface area contributed by atoms with Crippen LogP contribution in [0.3, 0.4) is 0 Å². The first-order valence-electron chi connectivity index (χ1n) is 9.99. The maximum atomic E-state index is 12.6. The van der Waals surface area contributed by atoms with Gasteiger partial charge in [0.2, 0.25) is 0 Å². The molecule has 1 aromatic heterocycles. The number of carbonyl (C=O) groups is 1. The molecule has 2 heterocycles. The van der Waals surface area contributed by atoms with Gasteiger partial charge in [0, 0.05) is 48.3 Å². The van der Waals surface area contributed by atoms with Gasteiger partial charge in [0.05, 0.1) is 5.69 Å². The number of halogens is 3. The molecule has 4 rings (SSSR count). The van der Waals surface area contributed by atoms with E-state index in [0.29, 0.717) is 36.4 Å². The Labute approximate surface area is 181 Å². The van der Waals surface area contributed by atoms with Crippen molar-refractivity contribution < 1.29 is 22.7 Å². The SMILES string of the molecule is Cc1c[nH]c(=O)n1-c1ccc(C(=O)NC2CCN(c3cccc(OC(F)(F)F)c3)C2)cc1. The molecule has 0 radical (unpaired) electrons. The summed E-state index contributed by atoms with van der Waals surface area (Å²) in [6.45, 7) is 2.86. The number of anilines is 1.